The lowest BCUT2D eigenvalue weighted by Gasteiger charge is -2.15. The minimum absolute atomic E-state index is 0.0214. The summed E-state index contributed by atoms with van der Waals surface area (Å²) < 4.78 is 60.9. The van der Waals surface area contributed by atoms with Gasteiger partial charge >= 0.3 is 0 Å². The van der Waals surface area contributed by atoms with Crippen LogP contribution in [0.4, 0.5) is 11.4 Å². The van der Waals surface area contributed by atoms with E-state index in [1.54, 1.807) is 18.2 Å². The number of anilines is 2. The molecule has 0 aliphatic rings. The Bertz CT molecular complexity index is 1300. The summed E-state index contributed by atoms with van der Waals surface area (Å²) in [5.74, 6) is 0.127. The number of nitrogens with one attached hydrogen (secondary N) is 2. The summed E-state index contributed by atoms with van der Waals surface area (Å²) in [4.78, 5) is -0.351. The molecule has 3 aromatic rings. The third-order valence-electron chi connectivity index (χ3n) is 3.97. The van der Waals surface area contributed by atoms with Gasteiger partial charge in [0.05, 0.1) is 33.4 Å². The van der Waals surface area contributed by atoms with Crippen molar-refractivity contribution >= 4 is 54.6 Å². The third kappa shape index (κ3) is 4.81. The van der Waals surface area contributed by atoms with Crippen LogP contribution >= 0.6 is 23.2 Å². The molecule has 0 amide bonds. The molecule has 11 heteroatoms. The number of hydrogen-bond donors (Lipinski definition) is 2. The lowest BCUT2D eigenvalue weighted by molar-refractivity contribution is 0.416. The summed E-state index contributed by atoms with van der Waals surface area (Å²) in [6, 6.07) is 16.0. The van der Waals surface area contributed by atoms with Crippen LogP contribution in [0.2, 0.25) is 10.0 Å². The number of halogens is 2. The smallest absolute Gasteiger partial charge is 0.263 e. The maximum absolute atomic E-state index is 12.8. The van der Waals surface area contributed by atoms with E-state index in [4.69, 9.17) is 27.9 Å². The number of ether oxygens (including phenoxy) is 1. The van der Waals surface area contributed by atoms with E-state index in [0.29, 0.717) is 0 Å². The van der Waals surface area contributed by atoms with Crippen LogP contribution in [-0.2, 0) is 20.0 Å². The maximum atomic E-state index is 12.8. The lowest BCUT2D eigenvalue weighted by atomic mass is 10.3. The first-order valence-corrected chi connectivity index (χ1v) is 12.1. The summed E-state index contributed by atoms with van der Waals surface area (Å²) in [7, 11) is -6.83. The van der Waals surface area contributed by atoms with Gasteiger partial charge in [-0.3, -0.25) is 9.44 Å². The molecule has 0 atom stereocenters. The van der Waals surface area contributed by atoms with Crippen LogP contribution in [0, 0.1) is 0 Å². The molecule has 0 radical (unpaired) electrons. The van der Waals surface area contributed by atoms with Crippen molar-refractivity contribution in [3.05, 3.63) is 76.8 Å². The van der Waals surface area contributed by atoms with E-state index in [1.807, 2.05) is 0 Å². The summed E-state index contributed by atoms with van der Waals surface area (Å²) in [6.45, 7) is 0. The molecule has 3 rings (SSSR count). The molecule has 0 saturated carbocycles. The van der Waals surface area contributed by atoms with E-state index in [0.717, 1.165) is 6.07 Å². The van der Waals surface area contributed by atoms with Gasteiger partial charge < -0.3 is 4.74 Å². The number of rotatable bonds is 7. The van der Waals surface area contributed by atoms with Crippen LogP contribution in [0.3, 0.4) is 0 Å². The molecule has 0 aliphatic heterocycles. The van der Waals surface area contributed by atoms with Crippen LogP contribution in [0.5, 0.6) is 5.75 Å². The van der Waals surface area contributed by atoms with Crippen LogP contribution in [0.15, 0.2) is 76.5 Å². The summed E-state index contributed by atoms with van der Waals surface area (Å²) >= 11 is 12.0. The van der Waals surface area contributed by atoms with Crippen molar-refractivity contribution < 1.29 is 21.6 Å². The maximum Gasteiger partial charge on any atom is 0.263 e. The van der Waals surface area contributed by atoms with E-state index >= 15 is 0 Å². The van der Waals surface area contributed by atoms with E-state index in [2.05, 4.69) is 9.44 Å². The highest BCUT2D eigenvalue weighted by atomic mass is 35.5. The normalized spacial score (nSPS) is 11.7. The van der Waals surface area contributed by atoms with Crippen molar-refractivity contribution in [1.82, 2.24) is 0 Å². The number of benzene rings is 3. The Labute approximate surface area is 184 Å². The Kier molecular flexibility index (Phi) is 6.47. The highest BCUT2D eigenvalue weighted by Crippen LogP contribution is 2.32. The highest BCUT2D eigenvalue weighted by Gasteiger charge is 2.22. The van der Waals surface area contributed by atoms with Gasteiger partial charge in [-0.25, -0.2) is 16.8 Å². The molecule has 0 unspecified atom stereocenters. The Morgan fingerprint density at radius 2 is 1.33 bits per heavy atom. The average Bonchev–Trinajstić information content (AvgIpc) is 2.69. The highest BCUT2D eigenvalue weighted by molar-refractivity contribution is 7.93. The van der Waals surface area contributed by atoms with Crippen LogP contribution in [0.25, 0.3) is 0 Å². The molecule has 0 heterocycles. The van der Waals surface area contributed by atoms with Gasteiger partial charge in [0.2, 0.25) is 0 Å². The minimum atomic E-state index is -4.10. The minimum Gasteiger partial charge on any atom is -0.495 e. The fourth-order valence-electron chi connectivity index (χ4n) is 2.54. The zero-order valence-electron chi connectivity index (χ0n) is 15.5. The SMILES string of the molecule is COc1ccc(S(=O)(=O)Nc2ccccc2Cl)cc1NS(=O)(=O)c1ccccc1Cl. The van der Waals surface area contributed by atoms with Crippen LogP contribution in [0.1, 0.15) is 0 Å². The summed E-state index contributed by atoms with van der Waals surface area (Å²) in [5, 5.41) is 0.238. The molecule has 7 nitrogen and oxygen atoms in total. The second-order valence-electron chi connectivity index (χ2n) is 5.98. The second kappa shape index (κ2) is 8.73. The van der Waals surface area contributed by atoms with Gasteiger partial charge in [0.15, 0.2) is 0 Å². The van der Waals surface area contributed by atoms with E-state index in [1.165, 1.54) is 49.6 Å². The molecule has 0 saturated heterocycles. The van der Waals surface area contributed by atoms with Gasteiger partial charge in [-0.15, -0.1) is 0 Å². The summed E-state index contributed by atoms with van der Waals surface area (Å²) in [6.07, 6.45) is 0. The lowest BCUT2D eigenvalue weighted by Crippen LogP contribution is -2.16. The van der Waals surface area contributed by atoms with Crippen molar-refractivity contribution in [3.63, 3.8) is 0 Å². The first-order valence-electron chi connectivity index (χ1n) is 8.37. The topological polar surface area (TPSA) is 102 Å². The largest absolute Gasteiger partial charge is 0.495 e. The van der Waals surface area contributed by atoms with E-state index in [9.17, 15) is 16.8 Å². The van der Waals surface area contributed by atoms with Crippen molar-refractivity contribution in [2.24, 2.45) is 0 Å². The number of sulfonamides is 2. The van der Waals surface area contributed by atoms with Gasteiger partial charge in [0.25, 0.3) is 20.0 Å². The average molecular weight is 487 g/mol. The zero-order chi connectivity index (χ0) is 21.9. The molecular weight excluding hydrogens is 471 g/mol. The molecule has 0 aromatic heterocycles. The first kappa shape index (κ1) is 22.2. The number of hydrogen-bond acceptors (Lipinski definition) is 5. The Morgan fingerprint density at radius 3 is 1.97 bits per heavy atom. The Morgan fingerprint density at radius 1 is 0.733 bits per heavy atom. The van der Waals surface area contributed by atoms with Crippen molar-refractivity contribution in [3.8, 4) is 5.75 Å². The molecule has 3 aromatic carbocycles. The molecule has 158 valence electrons. The van der Waals surface area contributed by atoms with Crippen LogP contribution in [-0.4, -0.2) is 23.9 Å². The predicted octanol–water partition coefficient (Wildman–Crippen LogP) is 4.60. The predicted molar refractivity (Wildman–Crippen MR) is 118 cm³/mol. The quantitative estimate of drug-likeness (QED) is 0.507. The van der Waals surface area contributed by atoms with E-state index < -0.39 is 20.0 Å². The third-order valence-corrected chi connectivity index (χ3v) is 7.53. The van der Waals surface area contributed by atoms with Gasteiger partial charge in [0.1, 0.15) is 10.6 Å². The van der Waals surface area contributed by atoms with E-state index in [-0.39, 0.29) is 37.0 Å². The van der Waals surface area contributed by atoms with Crippen LogP contribution < -0.4 is 14.2 Å². The molecule has 2 N–H and O–H groups in total. The Balaban J connectivity index is 2.00. The fourth-order valence-corrected chi connectivity index (χ4v) is 5.47. The Hall–Kier alpha value is -2.46. The molecule has 30 heavy (non-hydrogen) atoms. The molecule has 0 spiro atoms. The van der Waals surface area contributed by atoms with Crippen molar-refractivity contribution in [2.75, 3.05) is 16.6 Å². The number of methoxy groups -OCH3 is 1. The molecular formula is C19H16Cl2N2O5S2. The number of para-hydroxylation sites is 1. The van der Waals surface area contributed by atoms with Gasteiger partial charge in [-0.2, -0.15) is 0 Å². The molecule has 0 aliphatic carbocycles. The van der Waals surface area contributed by atoms with Gasteiger partial charge in [0, 0.05) is 0 Å². The monoisotopic (exact) mass is 486 g/mol. The zero-order valence-corrected chi connectivity index (χ0v) is 18.6. The molecule has 0 fully saturated rings. The fraction of sp³-hybridized carbons (Fsp3) is 0.0526. The molecule has 0 bridgehead atoms. The van der Waals surface area contributed by atoms with Gasteiger partial charge in [-0.1, -0.05) is 47.5 Å². The van der Waals surface area contributed by atoms with Crippen molar-refractivity contribution in [2.45, 2.75) is 9.79 Å². The first-order chi connectivity index (χ1) is 14.1. The summed E-state index contributed by atoms with van der Waals surface area (Å²) in [5.41, 5.74) is 0.118. The second-order valence-corrected chi connectivity index (χ2v) is 10.1. The van der Waals surface area contributed by atoms with Crippen molar-refractivity contribution in [1.29, 1.82) is 0 Å². The standard InChI is InChI=1S/C19H16Cl2N2O5S2/c1-28-18-11-10-13(29(24,25)22-16-8-4-2-6-14(16)20)12-17(18)23-30(26,27)19-9-5-3-7-15(19)21/h2-12,22-23H,1H3. The van der Waals surface area contributed by atoms with Gasteiger partial charge in [-0.05, 0) is 42.5 Å².